The fourth-order valence-corrected chi connectivity index (χ4v) is 2.72. The van der Waals surface area contributed by atoms with Gasteiger partial charge in [-0.25, -0.2) is 4.79 Å². The van der Waals surface area contributed by atoms with Gasteiger partial charge >= 0.3 is 6.09 Å². The number of amides is 1. The van der Waals surface area contributed by atoms with Gasteiger partial charge in [0.2, 0.25) is 0 Å². The van der Waals surface area contributed by atoms with Gasteiger partial charge in [-0.3, -0.25) is 5.32 Å². The molecule has 1 N–H and O–H groups in total. The maximum absolute atomic E-state index is 12.0. The molecule has 0 heterocycles. The first-order valence-corrected chi connectivity index (χ1v) is 8.85. The standard InChI is InChI=1S/C17H19N3O4S/c1-20(2)13-18-25(22,23)16-10-8-15(9-11-16)19-17(21)24-12-14-6-4-3-5-7-14/h3-11,13H,12H2,1-2H3,(H,19,21)/b18-13+. The van der Waals surface area contributed by atoms with Gasteiger partial charge in [0.15, 0.2) is 0 Å². The van der Waals surface area contributed by atoms with E-state index in [9.17, 15) is 13.2 Å². The van der Waals surface area contributed by atoms with Crippen LogP contribution in [0.25, 0.3) is 0 Å². The van der Waals surface area contributed by atoms with Crippen molar-refractivity contribution in [2.24, 2.45) is 4.40 Å². The Morgan fingerprint density at radius 1 is 1.12 bits per heavy atom. The highest BCUT2D eigenvalue weighted by atomic mass is 32.2. The highest BCUT2D eigenvalue weighted by Crippen LogP contribution is 2.16. The van der Waals surface area contributed by atoms with Gasteiger partial charge in [-0.2, -0.15) is 8.42 Å². The second kappa shape index (κ2) is 8.29. The summed E-state index contributed by atoms with van der Waals surface area (Å²) in [6, 6.07) is 15.0. The largest absolute Gasteiger partial charge is 0.444 e. The van der Waals surface area contributed by atoms with E-state index in [0.717, 1.165) is 5.56 Å². The summed E-state index contributed by atoms with van der Waals surface area (Å²) < 4.78 is 32.6. The number of rotatable bonds is 6. The molecule has 0 spiro atoms. The fraction of sp³-hybridized carbons (Fsp3) is 0.176. The van der Waals surface area contributed by atoms with Crippen molar-refractivity contribution >= 4 is 28.1 Å². The van der Waals surface area contributed by atoms with Gasteiger partial charge in [-0.05, 0) is 29.8 Å². The molecule has 2 aromatic carbocycles. The number of nitrogens with one attached hydrogen (secondary N) is 1. The third-order valence-corrected chi connectivity index (χ3v) is 4.27. The van der Waals surface area contributed by atoms with E-state index in [1.54, 1.807) is 14.1 Å². The third-order valence-electron chi connectivity index (χ3n) is 3.03. The molecule has 0 radical (unpaired) electrons. The molecule has 0 saturated carbocycles. The normalized spacial score (nSPS) is 11.3. The molecule has 0 aliphatic rings. The van der Waals surface area contributed by atoms with Crippen molar-refractivity contribution < 1.29 is 17.9 Å². The molecule has 25 heavy (non-hydrogen) atoms. The zero-order valence-corrected chi connectivity index (χ0v) is 14.7. The molecule has 0 aliphatic carbocycles. The fourth-order valence-electron chi connectivity index (χ4n) is 1.80. The van der Waals surface area contributed by atoms with Gasteiger partial charge in [-0.15, -0.1) is 4.40 Å². The molecule has 2 aromatic rings. The van der Waals surface area contributed by atoms with E-state index in [4.69, 9.17) is 4.74 Å². The summed E-state index contributed by atoms with van der Waals surface area (Å²) in [5.74, 6) is 0. The Morgan fingerprint density at radius 2 is 1.76 bits per heavy atom. The smallest absolute Gasteiger partial charge is 0.411 e. The summed E-state index contributed by atoms with van der Waals surface area (Å²) in [6.45, 7) is 0.151. The van der Waals surface area contributed by atoms with Crippen LogP contribution in [0.4, 0.5) is 10.5 Å². The van der Waals surface area contributed by atoms with Crippen molar-refractivity contribution in [3.63, 3.8) is 0 Å². The average Bonchev–Trinajstić information content (AvgIpc) is 2.60. The van der Waals surface area contributed by atoms with Gasteiger partial charge < -0.3 is 9.64 Å². The molecule has 0 aliphatic heterocycles. The Kier molecular flexibility index (Phi) is 6.13. The second-order valence-electron chi connectivity index (χ2n) is 5.37. The number of carbonyl (C=O) groups is 1. The average molecular weight is 361 g/mol. The molecular weight excluding hydrogens is 342 g/mol. The van der Waals surface area contributed by atoms with Crippen molar-refractivity contribution in [2.45, 2.75) is 11.5 Å². The van der Waals surface area contributed by atoms with Crippen molar-refractivity contribution in [1.29, 1.82) is 0 Å². The molecule has 0 unspecified atom stereocenters. The number of sulfonamides is 1. The van der Waals surface area contributed by atoms with Crippen LogP contribution >= 0.6 is 0 Å². The summed E-state index contributed by atoms with van der Waals surface area (Å²) >= 11 is 0. The molecule has 8 heteroatoms. The monoisotopic (exact) mass is 361 g/mol. The lowest BCUT2D eigenvalue weighted by Gasteiger charge is -2.08. The number of hydrogen-bond donors (Lipinski definition) is 1. The Bertz CT molecular complexity index is 832. The van der Waals surface area contributed by atoms with E-state index in [0.29, 0.717) is 5.69 Å². The van der Waals surface area contributed by atoms with E-state index < -0.39 is 16.1 Å². The van der Waals surface area contributed by atoms with Crippen molar-refractivity contribution in [3.8, 4) is 0 Å². The first-order valence-electron chi connectivity index (χ1n) is 7.41. The molecular formula is C17H19N3O4S. The summed E-state index contributed by atoms with van der Waals surface area (Å²) in [4.78, 5) is 13.3. The van der Waals surface area contributed by atoms with Crippen LogP contribution in [-0.4, -0.2) is 39.8 Å². The van der Waals surface area contributed by atoms with Gasteiger partial charge in [0, 0.05) is 19.8 Å². The Morgan fingerprint density at radius 3 is 2.36 bits per heavy atom. The number of benzene rings is 2. The summed E-state index contributed by atoms with van der Waals surface area (Å²) in [7, 11) is -0.416. The quantitative estimate of drug-likeness (QED) is 0.631. The third kappa shape index (κ3) is 5.92. The molecule has 2 rings (SSSR count). The molecule has 7 nitrogen and oxygen atoms in total. The minimum Gasteiger partial charge on any atom is -0.444 e. The summed E-state index contributed by atoms with van der Waals surface area (Å²) in [6.07, 6.45) is 0.590. The van der Waals surface area contributed by atoms with Crippen LogP contribution in [-0.2, 0) is 21.4 Å². The molecule has 1 amide bonds. The van der Waals surface area contributed by atoms with Crippen LogP contribution in [0.5, 0.6) is 0 Å². The van der Waals surface area contributed by atoms with Gasteiger partial charge in [0.05, 0.1) is 4.90 Å². The second-order valence-corrected chi connectivity index (χ2v) is 7.00. The predicted octanol–water partition coefficient (Wildman–Crippen LogP) is 2.71. The number of carbonyl (C=O) groups excluding carboxylic acids is 1. The Labute approximate surface area is 147 Å². The molecule has 0 saturated heterocycles. The Hall–Kier alpha value is -2.87. The van der Waals surface area contributed by atoms with Crippen LogP contribution in [0.3, 0.4) is 0 Å². The van der Waals surface area contributed by atoms with E-state index in [-0.39, 0.29) is 11.5 Å². The van der Waals surface area contributed by atoms with Crippen molar-refractivity contribution in [3.05, 3.63) is 60.2 Å². The number of hydrogen-bond acceptors (Lipinski definition) is 4. The summed E-state index contributed by atoms with van der Waals surface area (Å²) in [5.41, 5.74) is 1.30. The van der Waals surface area contributed by atoms with Crippen LogP contribution in [0.15, 0.2) is 63.9 Å². The predicted molar refractivity (Wildman–Crippen MR) is 96.1 cm³/mol. The van der Waals surface area contributed by atoms with Crippen LogP contribution in [0.1, 0.15) is 5.56 Å². The SMILES string of the molecule is CN(C)/C=N/S(=O)(=O)c1ccc(NC(=O)OCc2ccccc2)cc1. The lowest BCUT2D eigenvalue weighted by atomic mass is 10.2. The molecule has 0 aromatic heterocycles. The molecule has 0 fully saturated rings. The Balaban J connectivity index is 1.94. The highest BCUT2D eigenvalue weighted by Gasteiger charge is 2.12. The molecule has 132 valence electrons. The lowest BCUT2D eigenvalue weighted by molar-refractivity contribution is 0.155. The zero-order valence-electron chi connectivity index (χ0n) is 13.9. The maximum Gasteiger partial charge on any atom is 0.411 e. The first kappa shape index (κ1) is 18.5. The number of ether oxygens (including phenoxy) is 1. The van der Waals surface area contributed by atoms with Gasteiger partial charge in [0.25, 0.3) is 10.0 Å². The number of nitrogens with zero attached hydrogens (tertiary/aromatic N) is 2. The lowest BCUT2D eigenvalue weighted by Crippen LogP contribution is -2.13. The topological polar surface area (TPSA) is 88.1 Å². The van der Waals surface area contributed by atoms with Crippen LogP contribution < -0.4 is 5.32 Å². The van der Waals surface area contributed by atoms with Crippen molar-refractivity contribution in [2.75, 3.05) is 19.4 Å². The molecule has 0 atom stereocenters. The zero-order chi connectivity index (χ0) is 18.3. The van der Waals surface area contributed by atoms with Crippen molar-refractivity contribution in [1.82, 2.24) is 4.90 Å². The van der Waals surface area contributed by atoms with Gasteiger partial charge in [0.1, 0.15) is 12.9 Å². The maximum atomic E-state index is 12.0. The van der Waals surface area contributed by atoms with E-state index >= 15 is 0 Å². The molecule has 0 bridgehead atoms. The van der Waals surface area contributed by atoms with Crippen LogP contribution in [0, 0.1) is 0 Å². The summed E-state index contributed by atoms with van der Waals surface area (Å²) in [5, 5.41) is 2.54. The van der Waals surface area contributed by atoms with E-state index in [1.165, 1.54) is 35.5 Å². The van der Waals surface area contributed by atoms with Gasteiger partial charge in [-0.1, -0.05) is 30.3 Å². The first-order chi connectivity index (χ1) is 11.9. The van der Waals surface area contributed by atoms with E-state index in [2.05, 4.69) is 9.71 Å². The van der Waals surface area contributed by atoms with E-state index in [1.807, 2.05) is 30.3 Å². The minimum absolute atomic E-state index is 0.0359. The highest BCUT2D eigenvalue weighted by molar-refractivity contribution is 7.90. The number of anilines is 1. The van der Waals surface area contributed by atoms with Crippen LogP contribution in [0.2, 0.25) is 0 Å². The minimum atomic E-state index is -3.76.